The molecule has 0 aliphatic carbocycles. The van der Waals surface area contributed by atoms with Crippen LogP contribution in [0.3, 0.4) is 0 Å². The standard InChI is InChI=1S/C26H35NO2/c1-18(17-29-24-10-8-7-9-11-24)16-26(28)21(4)15-22(5)27(6)25(26)23-13-12-19(2)20(3)14-23/h7-14,21-22,25,28H,1,15-17H2,2-6H3. The highest BCUT2D eigenvalue weighted by molar-refractivity contribution is 5.34. The Labute approximate surface area is 176 Å². The van der Waals surface area contributed by atoms with Gasteiger partial charge < -0.3 is 9.84 Å². The van der Waals surface area contributed by atoms with Crippen LogP contribution >= 0.6 is 0 Å². The van der Waals surface area contributed by atoms with Gasteiger partial charge in [-0.1, -0.05) is 49.9 Å². The Morgan fingerprint density at radius 1 is 1.14 bits per heavy atom. The molecule has 3 heteroatoms. The van der Waals surface area contributed by atoms with Crippen LogP contribution in [0.1, 0.15) is 49.4 Å². The summed E-state index contributed by atoms with van der Waals surface area (Å²) in [5, 5.41) is 12.0. The maximum Gasteiger partial charge on any atom is 0.119 e. The van der Waals surface area contributed by atoms with E-state index in [-0.39, 0.29) is 12.0 Å². The van der Waals surface area contributed by atoms with Crippen molar-refractivity contribution in [1.29, 1.82) is 0 Å². The van der Waals surface area contributed by atoms with Gasteiger partial charge in [0.2, 0.25) is 0 Å². The smallest absolute Gasteiger partial charge is 0.119 e. The van der Waals surface area contributed by atoms with E-state index >= 15 is 0 Å². The highest BCUT2D eigenvalue weighted by atomic mass is 16.5. The molecule has 1 aliphatic heterocycles. The van der Waals surface area contributed by atoms with E-state index in [2.05, 4.69) is 64.4 Å². The number of likely N-dealkylation sites (tertiary alicyclic amines) is 1. The molecular formula is C26H35NO2. The summed E-state index contributed by atoms with van der Waals surface area (Å²) < 4.78 is 5.89. The van der Waals surface area contributed by atoms with Crippen LogP contribution in [-0.2, 0) is 0 Å². The quantitative estimate of drug-likeness (QED) is 0.661. The number of hydrogen-bond donors (Lipinski definition) is 1. The van der Waals surface area contributed by atoms with Crippen molar-refractivity contribution in [1.82, 2.24) is 4.90 Å². The molecule has 1 saturated heterocycles. The van der Waals surface area contributed by atoms with Crippen LogP contribution in [0, 0.1) is 19.8 Å². The number of rotatable bonds is 6. The summed E-state index contributed by atoms with van der Waals surface area (Å²) in [6.45, 7) is 13.3. The van der Waals surface area contributed by atoms with E-state index in [1.54, 1.807) is 0 Å². The highest BCUT2D eigenvalue weighted by Gasteiger charge is 2.49. The fourth-order valence-electron chi connectivity index (χ4n) is 4.64. The van der Waals surface area contributed by atoms with Gasteiger partial charge in [0.05, 0.1) is 11.6 Å². The predicted octanol–water partition coefficient (Wildman–Crippen LogP) is 5.46. The second-order valence-electron chi connectivity index (χ2n) is 8.92. The van der Waals surface area contributed by atoms with E-state index in [0.29, 0.717) is 19.1 Å². The van der Waals surface area contributed by atoms with Crippen molar-refractivity contribution in [2.75, 3.05) is 13.7 Å². The first-order valence-electron chi connectivity index (χ1n) is 10.6. The van der Waals surface area contributed by atoms with E-state index in [1.165, 1.54) is 16.7 Å². The fraction of sp³-hybridized carbons (Fsp3) is 0.462. The normalized spacial score (nSPS) is 27.6. The van der Waals surface area contributed by atoms with Gasteiger partial charge in [-0.2, -0.15) is 0 Å². The van der Waals surface area contributed by atoms with Gasteiger partial charge in [0.15, 0.2) is 0 Å². The first-order chi connectivity index (χ1) is 13.7. The molecule has 3 rings (SSSR count). The molecule has 1 N–H and O–H groups in total. The lowest BCUT2D eigenvalue weighted by Crippen LogP contribution is -2.57. The van der Waals surface area contributed by atoms with E-state index in [1.807, 2.05) is 30.3 Å². The van der Waals surface area contributed by atoms with Crippen molar-refractivity contribution in [3.63, 3.8) is 0 Å². The van der Waals surface area contributed by atoms with E-state index in [4.69, 9.17) is 4.74 Å². The molecule has 0 saturated carbocycles. The third kappa shape index (κ3) is 4.57. The SMILES string of the molecule is C=C(COc1ccccc1)CC1(O)C(C)CC(C)N(C)C1c1ccc(C)c(C)c1. The third-order valence-electron chi connectivity index (χ3n) is 6.69. The molecule has 2 aromatic carbocycles. The molecule has 0 amide bonds. The van der Waals surface area contributed by atoms with Gasteiger partial charge in [0.25, 0.3) is 0 Å². The first-order valence-corrected chi connectivity index (χ1v) is 10.6. The first kappa shape index (κ1) is 21.6. The zero-order valence-electron chi connectivity index (χ0n) is 18.5. The Morgan fingerprint density at radius 3 is 2.48 bits per heavy atom. The Bertz CT molecular complexity index is 847. The van der Waals surface area contributed by atoms with Crippen molar-refractivity contribution >= 4 is 0 Å². The van der Waals surface area contributed by atoms with Crippen LogP contribution in [0.4, 0.5) is 0 Å². The number of likely N-dealkylation sites (N-methyl/N-ethyl adjacent to an activating group) is 1. The molecule has 4 unspecified atom stereocenters. The van der Waals surface area contributed by atoms with Gasteiger partial charge >= 0.3 is 0 Å². The number of aryl methyl sites for hydroxylation is 2. The van der Waals surface area contributed by atoms with E-state index < -0.39 is 5.60 Å². The minimum atomic E-state index is -0.889. The lowest BCUT2D eigenvalue weighted by molar-refractivity contribution is -0.128. The van der Waals surface area contributed by atoms with Crippen LogP contribution in [-0.4, -0.2) is 35.3 Å². The third-order valence-corrected chi connectivity index (χ3v) is 6.69. The molecule has 2 aromatic rings. The number of nitrogens with zero attached hydrogens (tertiary/aromatic N) is 1. The maximum atomic E-state index is 12.0. The molecule has 1 aliphatic rings. The Kier molecular flexibility index (Phi) is 6.50. The monoisotopic (exact) mass is 393 g/mol. The lowest BCUT2D eigenvalue weighted by Gasteiger charge is -2.53. The summed E-state index contributed by atoms with van der Waals surface area (Å²) in [4.78, 5) is 2.33. The highest BCUT2D eigenvalue weighted by Crippen LogP contribution is 2.47. The minimum absolute atomic E-state index is 0.0750. The van der Waals surface area contributed by atoms with Gasteiger partial charge in [-0.3, -0.25) is 4.90 Å². The van der Waals surface area contributed by atoms with Crippen LogP contribution < -0.4 is 4.74 Å². The summed E-state index contributed by atoms with van der Waals surface area (Å²) in [5.41, 5.74) is 3.74. The average Bonchev–Trinajstić information content (AvgIpc) is 2.69. The van der Waals surface area contributed by atoms with Crippen molar-refractivity contribution in [3.8, 4) is 5.75 Å². The van der Waals surface area contributed by atoms with Crippen molar-refractivity contribution in [3.05, 3.63) is 77.4 Å². The van der Waals surface area contributed by atoms with Crippen LogP contribution in [0.15, 0.2) is 60.7 Å². The second-order valence-corrected chi connectivity index (χ2v) is 8.92. The topological polar surface area (TPSA) is 32.7 Å². The predicted molar refractivity (Wildman–Crippen MR) is 120 cm³/mol. The van der Waals surface area contributed by atoms with Crippen molar-refractivity contribution < 1.29 is 9.84 Å². The molecule has 1 fully saturated rings. The molecule has 4 atom stereocenters. The number of aliphatic hydroxyl groups is 1. The number of para-hydroxylation sites is 1. The molecule has 3 nitrogen and oxygen atoms in total. The van der Waals surface area contributed by atoms with E-state index in [0.717, 1.165) is 17.7 Å². The molecule has 0 aromatic heterocycles. The molecule has 156 valence electrons. The van der Waals surface area contributed by atoms with Crippen LogP contribution in [0.5, 0.6) is 5.75 Å². The zero-order valence-corrected chi connectivity index (χ0v) is 18.5. The molecule has 29 heavy (non-hydrogen) atoms. The summed E-state index contributed by atoms with van der Waals surface area (Å²) in [6, 6.07) is 16.7. The Morgan fingerprint density at radius 2 is 1.83 bits per heavy atom. The molecule has 1 heterocycles. The van der Waals surface area contributed by atoms with Gasteiger partial charge in [-0.25, -0.2) is 0 Å². The summed E-state index contributed by atoms with van der Waals surface area (Å²) in [6.07, 6.45) is 1.48. The van der Waals surface area contributed by atoms with Gasteiger partial charge in [0.1, 0.15) is 12.4 Å². The fourth-order valence-corrected chi connectivity index (χ4v) is 4.64. The maximum absolute atomic E-state index is 12.0. The minimum Gasteiger partial charge on any atom is -0.489 e. The van der Waals surface area contributed by atoms with E-state index in [9.17, 15) is 5.11 Å². The average molecular weight is 394 g/mol. The molecule has 0 spiro atoms. The summed E-state index contributed by atoms with van der Waals surface area (Å²) >= 11 is 0. The zero-order chi connectivity index (χ0) is 21.2. The van der Waals surface area contributed by atoms with Gasteiger partial charge in [-0.15, -0.1) is 0 Å². The Hall–Kier alpha value is -2.10. The van der Waals surface area contributed by atoms with Gasteiger partial charge in [0, 0.05) is 12.5 Å². The molecule has 0 bridgehead atoms. The number of piperidine rings is 1. The molecule has 0 radical (unpaired) electrons. The number of ether oxygens (including phenoxy) is 1. The van der Waals surface area contributed by atoms with Crippen LogP contribution in [0.25, 0.3) is 0 Å². The second kappa shape index (κ2) is 8.73. The number of hydrogen-bond acceptors (Lipinski definition) is 3. The number of benzene rings is 2. The van der Waals surface area contributed by atoms with Crippen molar-refractivity contribution in [2.45, 2.75) is 58.2 Å². The van der Waals surface area contributed by atoms with Gasteiger partial charge in [-0.05, 0) is 74.6 Å². The molecular weight excluding hydrogens is 358 g/mol. The summed E-state index contributed by atoms with van der Waals surface area (Å²) in [7, 11) is 2.13. The van der Waals surface area contributed by atoms with Crippen LogP contribution in [0.2, 0.25) is 0 Å². The largest absolute Gasteiger partial charge is 0.489 e. The van der Waals surface area contributed by atoms with Crippen molar-refractivity contribution in [2.24, 2.45) is 5.92 Å². The Balaban J connectivity index is 1.85. The summed E-state index contributed by atoms with van der Waals surface area (Å²) in [5.74, 6) is 0.988. The lowest BCUT2D eigenvalue weighted by atomic mass is 9.69.